The lowest BCUT2D eigenvalue weighted by Crippen LogP contribution is -2.34. The third-order valence-corrected chi connectivity index (χ3v) is 3.94. The van der Waals surface area contributed by atoms with E-state index in [4.69, 9.17) is 4.42 Å². The molecule has 22 heavy (non-hydrogen) atoms. The van der Waals surface area contributed by atoms with Crippen molar-refractivity contribution in [2.75, 3.05) is 0 Å². The van der Waals surface area contributed by atoms with Crippen LogP contribution in [0.5, 0.6) is 0 Å². The van der Waals surface area contributed by atoms with E-state index < -0.39 is 0 Å². The molecule has 1 aliphatic rings. The number of fused-ring (bicyclic) bond motifs is 1. The fourth-order valence-corrected chi connectivity index (χ4v) is 2.57. The van der Waals surface area contributed by atoms with Crippen LogP contribution in [0.3, 0.4) is 0 Å². The summed E-state index contributed by atoms with van der Waals surface area (Å²) in [7, 11) is 0. The highest BCUT2D eigenvalue weighted by atomic mass is 16.4. The predicted octanol–water partition coefficient (Wildman–Crippen LogP) is 3.45. The monoisotopic (exact) mass is 304 g/mol. The van der Waals surface area contributed by atoms with Crippen LogP contribution in [-0.4, -0.2) is 22.6 Å². The standard InChI is InChI=1S/C17H24N2O3/c1-4-7-8-9-11(5-2)18-12-10-13(20)15-17(16(12)21)22-14(6-3)19-15/h10-11,18H,4-9H2,1-3H3. The summed E-state index contributed by atoms with van der Waals surface area (Å²) < 4.78 is 5.42. The minimum absolute atomic E-state index is 0.0789. The first-order valence-electron chi connectivity index (χ1n) is 8.17. The maximum absolute atomic E-state index is 12.5. The van der Waals surface area contributed by atoms with Crippen LogP contribution in [0.2, 0.25) is 0 Å². The van der Waals surface area contributed by atoms with Crippen molar-refractivity contribution in [3.8, 4) is 0 Å². The van der Waals surface area contributed by atoms with Crippen LogP contribution in [0.25, 0.3) is 0 Å². The number of allylic oxidation sites excluding steroid dienone is 2. The van der Waals surface area contributed by atoms with Crippen molar-refractivity contribution in [2.45, 2.75) is 65.3 Å². The first-order valence-corrected chi connectivity index (χ1v) is 8.17. The third-order valence-electron chi connectivity index (χ3n) is 3.94. The fraction of sp³-hybridized carbons (Fsp3) is 0.588. The van der Waals surface area contributed by atoms with Gasteiger partial charge in [-0.05, 0) is 12.8 Å². The zero-order chi connectivity index (χ0) is 16.1. The van der Waals surface area contributed by atoms with Gasteiger partial charge in [0.25, 0.3) is 0 Å². The topological polar surface area (TPSA) is 72.2 Å². The van der Waals surface area contributed by atoms with Crippen molar-refractivity contribution in [1.29, 1.82) is 0 Å². The first-order chi connectivity index (χ1) is 10.6. The highest BCUT2D eigenvalue weighted by Gasteiger charge is 2.32. The second kappa shape index (κ2) is 7.38. The molecule has 1 aliphatic carbocycles. The number of ketones is 2. The summed E-state index contributed by atoms with van der Waals surface area (Å²) in [4.78, 5) is 28.7. The summed E-state index contributed by atoms with van der Waals surface area (Å²) in [5, 5.41) is 3.22. The summed E-state index contributed by atoms with van der Waals surface area (Å²) in [6, 6.07) is 0.199. The van der Waals surface area contributed by atoms with Crippen LogP contribution < -0.4 is 5.32 Å². The molecule has 1 heterocycles. The Morgan fingerprint density at radius 2 is 2.00 bits per heavy atom. The number of unbranched alkanes of at least 4 members (excludes halogenated alkanes) is 2. The van der Waals surface area contributed by atoms with Gasteiger partial charge in [-0.25, -0.2) is 4.98 Å². The van der Waals surface area contributed by atoms with E-state index in [0.717, 1.165) is 25.7 Å². The molecule has 5 nitrogen and oxygen atoms in total. The minimum atomic E-state index is -0.268. The number of rotatable bonds is 8. The Labute approximate surface area is 131 Å². The number of carbonyl (C=O) groups is 2. The molecule has 1 aromatic heterocycles. The lowest BCUT2D eigenvalue weighted by atomic mass is 10.0. The van der Waals surface area contributed by atoms with Gasteiger partial charge in [0.05, 0.1) is 5.70 Å². The molecule has 0 aliphatic heterocycles. The van der Waals surface area contributed by atoms with Crippen LogP contribution in [0.15, 0.2) is 16.2 Å². The van der Waals surface area contributed by atoms with Gasteiger partial charge in [0.1, 0.15) is 0 Å². The Hall–Kier alpha value is -1.91. The van der Waals surface area contributed by atoms with Gasteiger partial charge < -0.3 is 9.73 Å². The summed E-state index contributed by atoms with van der Waals surface area (Å²) in [5.41, 5.74) is 0.478. The molecular formula is C17H24N2O3. The van der Waals surface area contributed by atoms with Crippen LogP contribution in [0.4, 0.5) is 0 Å². The lowest BCUT2D eigenvalue weighted by molar-refractivity contribution is 0.0953. The Balaban J connectivity index is 2.11. The first kappa shape index (κ1) is 16.5. The molecule has 1 aromatic rings. The number of aryl methyl sites for hydroxylation is 1. The van der Waals surface area contributed by atoms with Gasteiger partial charge in [0.15, 0.2) is 11.6 Å². The van der Waals surface area contributed by atoms with E-state index in [-0.39, 0.29) is 29.1 Å². The van der Waals surface area contributed by atoms with E-state index in [9.17, 15) is 9.59 Å². The molecule has 0 saturated heterocycles. The number of nitrogens with zero attached hydrogens (tertiary/aromatic N) is 1. The number of oxazole rings is 1. The molecule has 0 aromatic carbocycles. The molecule has 1 unspecified atom stereocenters. The molecule has 0 spiro atoms. The SMILES string of the molecule is CCCCCC(CC)NC1=CC(=O)c2nc(CC)oc2C1=O. The Morgan fingerprint density at radius 1 is 1.23 bits per heavy atom. The molecule has 0 radical (unpaired) electrons. The van der Waals surface area contributed by atoms with Gasteiger partial charge in [-0.2, -0.15) is 0 Å². The highest BCUT2D eigenvalue weighted by Crippen LogP contribution is 2.22. The van der Waals surface area contributed by atoms with Crippen molar-refractivity contribution in [3.63, 3.8) is 0 Å². The van der Waals surface area contributed by atoms with Crippen LogP contribution in [-0.2, 0) is 6.42 Å². The van der Waals surface area contributed by atoms with Crippen LogP contribution in [0.1, 0.15) is 79.8 Å². The van der Waals surface area contributed by atoms with E-state index in [1.807, 2.05) is 6.92 Å². The average molecular weight is 304 g/mol. The third kappa shape index (κ3) is 3.46. The number of Topliss-reactive ketones (excluding diaryl/α,β-unsaturated/α-hetero) is 1. The summed E-state index contributed by atoms with van der Waals surface area (Å²) in [6.07, 6.45) is 7.28. The molecule has 1 atom stereocenters. The molecule has 120 valence electrons. The molecule has 0 bridgehead atoms. The van der Waals surface area contributed by atoms with Gasteiger partial charge >= 0.3 is 0 Å². The van der Waals surface area contributed by atoms with Gasteiger partial charge in [0, 0.05) is 18.5 Å². The molecule has 5 heteroatoms. The second-order valence-electron chi connectivity index (χ2n) is 5.64. The largest absolute Gasteiger partial charge is 0.436 e. The van der Waals surface area contributed by atoms with E-state index >= 15 is 0 Å². The minimum Gasteiger partial charge on any atom is -0.436 e. The quantitative estimate of drug-likeness (QED) is 0.745. The van der Waals surface area contributed by atoms with E-state index in [2.05, 4.69) is 24.1 Å². The van der Waals surface area contributed by atoms with Crippen molar-refractivity contribution >= 4 is 11.6 Å². The van der Waals surface area contributed by atoms with Crippen molar-refractivity contribution in [2.24, 2.45) is 0 Å². The number of hydrogen-bond acceptors (Lipinski definition) is 5. The Morgan fingerprint density at radius 3 is 2.64 bits per heavy atom. The molecule has 0 fully saturated rings. The maximum atomic E-state index is 12.5. The van der Waals surface area contributed by atoms with Gasteiger partial charge in [-0.3, -0.25) is 9.59 Å². The zero-order valence-corrected chi connectivity index (χ0v) is 13.6. The zero-order valence-electron chi connectivity index (χ0n) is 13.6. The normalized spacial score (nSPS) is 15.5. The summed E-state index contributed by atoms with van der Waals surface area (Å²) in [5.74, 6) is -0.0219. The fourth-order valence-electron chi connectivity index (χ4n) is 2.57. The number of nitrogens with one attached hydrogen (secondary N) is 1. The second-order valence-corrected chi connectivity index (χ2v) is 5.64. The average Bonchev–Trinajstić information content (AvgIpc) is 2.96. The van der Waals surface area contributed by atoms with Gasteiger partial charge in [-0.15, -0.1) is 0 Å². The molecule has 1 N–H and O–H groups in total. The van der Waals surface area contributed by atoms with E-state index in [1.54, 1.807) is 0 Å². The smallest absolute Gasteiger partial charge is 0.246 e. The highest BCUT2D eigenvalue weighted by molar-refractivity contribution is 6.22. The number of aromatic nitrogens is 1. The van der Waals surface area contributed by atoms with Crippen molar-refractivity contribution in [1.82, 2.24) is 10.3 Å². The maximum Gasteiger partial charge on any atom is 0.246 e. The molecule has 0 saturated carbocycles. The van der Waals surface area contributed by atoms with Crippen LogP contribution in [0, 0.1) is 0 Å². The number of carbonyl (C=O) groups excluding carboxylic acids is 2. The summed E-state index contributed by atoms with van der Waals surface area (Å²) >= 11 is 0. The molecule has 2 rings (SSSR count). The van der Waals surface area contributed by atoms with Crippen molar-refractivity contribution < 1.29 is 14.0 Å². The lowest BCUT2D eigenvalue weighted by Gasteiger charge is -2.20. The number of hydrogen-bond donors (Lipinski definition) is 1. The molecular weight excluding hydrogens is 280 g/mol. The predicted molar refractivity (Wildman–Crippen MR) is 84.0 cm³/mol. The Kier molecular flexibility index (Phi) is 5.52. The molecule has 0 amide bonds. The Bertz CT molecular complexity index is 587. The van der Waals surface area contributed by atoms with E-state index in [1.165, 1.54) is 12.5 Å². The van der Waals surface area contributed by atoms with Crippen LogP contribution >= 0.6 is 0 Å². The van der Waals surface area contributed by atoms with E-state index in [0.29, 0.717) is 18.0 Å². The summed E-state index contributed by atoms with van der Waals surface area (Å²) in [6.45, 7) is 6.12. The van der Waals surface area contributed by atoms with Gasteiger partial charge in [0.2, 0.25) is 17.3 Å². The van der Waals surface area contributed by atoms with Gasteiger partial charge in [-0.1, -0.05) is 40.0 Å². The van der Waals surface area contributed by atoms with Crippen molar-refractivity contribution in [3.05, 3.63) is 29.1 Å².